The lowest BCUT2D eigenvalue weighted by atomic mass is 10.1. The van der Waals surface area contributed by atoms with E-state index >= 15 is 0 Å². The number of hydrogen-bond donors (Lipinski definition) is 2. The molecule has 0 aliphatic carbocycles. The van der Waals surface area contributed by atoms with E-state index in [4.69, 9.17) is 0 Å². The molecule has 1 heterocycles. The van der Waals surface area contributed by atoms with Crippen molar-refractivity contribution in [1.82, 2.24) is 4.90 Å². The lowest BCUT2D eigenvalue weighted by Crippen LogP contribution is -2.34. The van der Waals surface area contributed by atoms with Gasteiger partial charge in [-0.15, -0.1) is 11.3 Å². The highest BCUT2D eigenvalue weighted by molar-refractivity contribution is 9.11. The van der Waals surface area contributed by atoms with Crippen molar-refractivity contribution < 1.29 is 9.59 Å². The molecule has 3 rings (SSSR count). The SMILES string of the molecule is CC(Nc1ccc(NC(=O)CN(C)C(=O)c2ccc(Br)s2)cc1)c1ccccc1. The number of carbonyl (C=O) groups is 2. The zero-order valence-electron chi connectivity index (χ0n) is 16.2. The van der Waals surface area contributed by atoms with E-state index < -0.39 is 0 Å². The van der Waals surface area contributed by atoms with Gasteiger partial charge in [-0.2, -0.15) is 0 Å². The average Bonchev–Trinajstić information content (AvgIpc) is 3.15. The molecule has 1 aromatic heterocycles. The topological polar surface area (TPSA) is 61.4 Å². The maximum absolute atomic E-state index is 12.3. The van der Waals surface area contributed by atoms with Crippen molar-refractivity contribution in [1.29, 1.82) is 0 Å². The first-order chi connectivity index (χ1) is 13.9. The average molecular weight is 472 g/mol. The van der Waals surface area contributed by atoms with Crippen LogP contribution in [0.4, 0.5) is 11.4 Å². The molecule has 1 unspecified atom stereocenters. The van der Waals surface area contributed by atoms with Crippen LogP contribution in [-0.2, 0) is 4.79 Å². The molecule has 150 valence electrons. The lowest BCUT2D eigenvalue weighted by molar-refractivity contribution is -0.116. The van der Waals surface area contributed by atoms with Crippen molar-refractivity contribution in [2.45, 2.75) is 13.0 Å². The lowest BCUT2D eigenvalue weighted by Gasteiger charge is -2.17. The van der Waals surface area contributed by atoms with Crippen LogP contribution < -0.4 is 10.6 Å². The summed E-state index contributed by atoms with van der Waals surface area (Å²) in [7, 11) is 1.62. The number of likely N-dealkylation sites (N-methyl/N-ethyl adjacent to an activating group) is 1. The van der Waals surface area contributed by atoms with E-state index in [1.165, 1.54) is 21.8 Å². The van der Waals surface area contributed by atoms with Gasteiger partial charge in [0.15, 0.2) is 0 Å². The Morgan fingerprint density at radius 2 is 1.66 bits per heavy atom. The third kappa shape index (κ3) is 5.92. The van der Waals surface area contributed by atoms with Gasteiger partial charge in [0.2, 0.25) is 5.91 Å². The van der Waals surface area contributed by atoms with Crippen LogP contribution in [-0.4, -0.2) is 30.3 Å². The number of nitrogens with one attached hydrogen (secondary N) is 2. The standard InChI is InChI=1S/C22H22BrN3O2S/c1-15(16-6-4-3-5-7-16)24-17-8-10-18(11-9-17)25-21(27)14-26(2)22(28)19-12-13-20(23)29-19/h3-13,15,24H,14H2,1-2H3,(H,25,27). The van der Waals surface area contributed by atoms with Gasteiger partial charge in [0.25, 0.3) is 5.91 Å². The van der Waals surface area contributed by atoms with Crippen molar-refractivity contribution in [2.24, 2.45) is 0 Å². The van der Waals surface area contributed by atoms with Gasteiger partial charge < -0.3 is 15.5 Å². The van der Waals surface area contributed by atoms with E-state index in [1.54, 1.807) is 13.1 Å². The minimum Gasteiger partial charge on any atom is -0.379 e. The van der Waals surface area contributed by atoms with Gasteiger partial charge in [-0.1, -0.05) is 30.3 Å². The molecule has 0 aliphatic heterocycles. The summed E-state index contributed by atoms with van der Waals surface area (Å²) in [5.41, 5.74) is 2.86. The summed E-state index contributed by atoms with van der Waals surface area (Å²) in [5, 5.41) is 6.27. The van der Waals surface area contributed by atoms with Gasteiger partial charge in [0.05, 0.1) is 15.2 Å². The van der Waals surface area contributed by atoms with Crippen LogP contribution in [0.1, 0.15) is 28.2 Å². The molecule has 0 spiro atoms. The van der Waals surface area contributed by atoms with E-state index in [1.807, 2.05) is 48.5 Å². The number of halogens is 1. The maximum Gasteiger partial charge on any atom is 0.264 e. The zero-order valence-corrected chi connectivity index (χ0v) is 18.6. The molecule has 2 N–H and O–H groups in total. The highest BCUT2D eigenvalue weighted by Crippen LogP contribution is 2.23. The maximum atomic E-state index is 12.3. The van der Waals surface area contributed by atoms with Crippen LogP contribution in [0.15, 0.2) is 70.5 Å². The fourth-order valence-corrected chi connectivity index (χ4v) is 4.21. The molecule has 0 saturated heterocycles. The Morgan fingerprint density at radius 1 is 1.00 bits per heavy atom. The Kier molecular flexibility index (Phi) is 7.06. The van der Waals surface area contributed by atoms with Crippen LogP contribution in [0.5, 0.6) is 0 Å². The van der Waals surface area contributed by atoms with Crippen LogP contribution in [0, 0.1) is 0 Å². The van der Waals surface area contributed by atoms with E-state index in [9.17, 15) is 9.59 Å². The number of anilines is 2. The molecule has 0 fully saturated rings. The predicted octanol–water partition coefficient (Wildman–Crippen LogP) is 5.39. The molecule has 2 amide bonds. The van der Waals surface area contributed by atoms with Gasteiger partial charge in [-0.05, 0) is 64.8 Å². The second-order valence-corrected chi connectivity index (χ2v) is 9.13. The fourth-order valence-electron chi connectivity index (χ4n) is 2.83. The third-order valence-corrected chi connectivity index (χ3v) is 5.97. The second-order valence-electron chi connectivity index (χ2n) is 6.67. The van der Waals surface area contributed by atoms with Crippen molar-refractivity contribution in [3.05, 3.63) is 81.0 Å². The number of carbonyl (C=O) groups excluding carboxylic acids is 2. The first kappa shape index (κ1) is 21.1. The van der Waals surface area contributed by atoms with E-state index in [0.29, 0.717) is 10.6 Å². The van der Waals surface area contributed by atoms with Crippen LogP contribution in [0.2, 0.25) is 0 Å². The zero-order chi connectivity index (χ0) is 20.8. The van der Waals surface area contributed by atoms with Gasteiger partial charge in [0, 0.05) is 24.5 Å². The highest BCUT2D eigenvalue weighted by atomic mass is 79.9. The second kappa shape index (κ2) is 9.71. The molecule has 0 bridgehead atoms. The highest BCUT2D eigenvalue weighted by Gasteiger charge is 2.16. The molecule has 29 heavy (non-hydrogen) atoms. The molecule has 3 aromatic rings. The third-order valence-electron chi connectivity index (χ3n) is 4.36. The molecule has 1 atom stereocenters. The molecule has 7 heteroatoms. The van der Waals surface area contributed by atoms with Crippen LogP contribution >= 0.6 is 27.3 Å². The largest absolute Gasteiger partial charge is 0.379 e. The van der Waals surface area contributed by atoms with E-state index in [0.717, 1.165) is 9.47 Å². The minimum atomic E-state index is -0.241. The van der Waals surface area contributed by atoms with Crippen molar-refractivity contribution in [3.8, 4) is 0 Å². The van der Waals surface area contributed by atoms with Crippen LogP contribution in [0.25, 0.3) is 0 Å². The summed E-state index contributed by atoms with van der Waals surface area (Å²) < 4.78 is 0.883. The number of hydrogen-bond acceptors (Lipinski definition) is 4. The number of benzene rings is 2. The predicted molar refractivity (Wildman–Crippen MR) is 123 cm³/mol. The Hall–Kier alpha value is -2.64. The normalized spacial score (nSPS) is 11.6. The molecular weight excluding hydrogens is 450 g/mol. The van der Waals surface area contributed by atoms with Crippen LogP contribution in [0.3, 0.4) is 0 Å². The number of rotatable bonds is 7. The number of nitrogens with zero attached hydrogens (tertiary/aromatic N) is 1. The molecule has 2 aromatic carbocycles. The van der Waals surface area contributed by atoms with E-state index in [2.05, 4.69) is 45.6 Å². The van der Waals surface area contributed by atoms with Gasteiger partial charge in [-0.25, -0.2) is 0 Å². The van der Waals surface area contributed by atoms with Crippen molar-refractivity contribution >= 4 is 50.5 Å². The monoisotopic (exact) mass is 471 g/mol. The number of amides is 2. The smallest absolute Gasteiger partial charge is 0.264 e. The van der Waals surface area contributed by atoms with Gasteiger partial charge in [-0.3, -0.25) is 9.59 Å². The van der Waals surface area contributed by atoms with Gasteiger partial charge in [0.1, 0.15) is 0 Å². The van der Waals surface area contributed by atoms with E-state index in [-0.39, 0.29) is 24.4 Å². The quantitative estimate of drug-likeness (QED) is 0.485. The Bertz CT molecular complexity index is 973. The summed E-state index contributed by atoms with van der Waals surface area (Å²) in [6.45, 7) is 2.09. The molecule has 0 radical (unpaired) electrons. The molecule has 5 nitrogen and oxygen atoms in total. The summed E-state index contributed by atoms with van der Waals surface area (Å²) in [6, 6.07) is 21.5. The minimum absolute atomic E-state index is 0.0145. The molecule has 0 aliphatic rings. The molecule has 0 saturated carbocycles. The summed E-state index contributed by atoms with van der Waals surface area (Å²) in [4.78, 5) is 26.6. The first-order valence-electron chi connectivity index (χ1n) is 9.14. The molecular formula is C22H22BrN3O2S. The summed E-state index contributed by atoms with van der Waals surface area (Å²) >= 11 is 4.69. The Balaban J connectivity index is 1.52. The fraction of sp³-hybridized carbons (Fsp3) is 0.182. The Morgan fingerprint density at radius 3 is 2.28 bits per heavy atom. The Labute approximate surface area is 182 Å². The van der Waals surface area contributed by atoms with Crippen molar-refractivity contribution in [3.63, 3.8) is 0 Å². The van der Waals surface area contributed by atoms with Crippen molar-refractivity contribution in [2.75, 3.05) is 24.2 Å². The summed E-state index contributed by atoms with van der Waals surface area (Å²) in [5.74, 6) is -0.417. The first-order valence-corrected chi connectivity index (χ1v) is 10.8. The number of thiophene rings is 1. The summed E-state index contributed by atoms with van der Waals surface area (Å²) in [6.07, 6.45) is 0. The van der Waals surface area contributed by atoms with Gasteiger partial charge >= 0.3 is 0 Å².